The molecule has 0 aliphatic heterocycles. The van der Waals surface area contributed by atoms with Gasteiger partial charge < -0.3 is 20.5 Å². The van der Waals surface area contributed by atoms with Crippen LogP contribution in [0, 0.1) is 0 Å². The Morgan fingerprint density at radius 2 is 1.89 bits per heavy atom. The third kappa shape index (κ3) is 4.97. The molecule has 104 valence electrons. The minimum absolute atomic E-state index is 0.0809. The van der Waals surface area contributed by atoms with E-state index < -0.39 is 18.0 Å². The number of rotatable bonds is 6. The molecule has 0 spiro atoms. The van der Waals surface area contributed by atoms with Crippen LogP contribution in [0.2, 0.25) is 0 Å². The number of hydrogen-bond donors (Lipinski definition) is 3. The van der Waals surface area contributed by atoms with E-state index in [1.807, 2.05) is 37.3 Å². The van der Waals surface area contributed by atoms with Crippen LogP contribution in [0.4, 0.5) is 4.79 Å². The normalized spacial score (nSPS) is 13.4. The molecule has 2 unspecified atom stereocenters. The van der Waals surface area contributed by atoms with Gasteiger partial charge in [0.2, 0.25) is 0 Å². The molecular formula is C13H18N2O4. The first-order chi connectivity index (χ1) is 9.04. The second-order valence-corrected chi connectivity index (χ2v) is 4.10. The van der Waals surface area contributed by atoms with Crippen LogP contribution >= 0.6 is 0 Å². The van der Waals surface area contributed by atoms with Crippen molar-refractivity contribution in [3.8, 4) is 0 Å². The van der Waals surface area contributed by atoms with Gasteiger partial charge in [-0.15, -0.1) is 0 Å². The molecule has 1 aromatic rings. The summed E-state index contributed by atoms with van der Waals surface area (Å²) in [7, 11) is 1.38. The molecule has 0 aliphatic rings. The predicted molar refractivity (Wildman–Crippen MR) is 69.8 cm³/mol. The fraction of sp³-hybridized carbons (Fsp3) is 0.385. The number of carboxylic acids is 1. The first-order valence-corrected chi connectivity index (χ1v) is 5.88. The van der Waals surface area contributed by atoms with Crippen LogP contribution in [-0.4, -0.2) is 36.9 Å². The van der Waals surface area contributed by atoms with Crippen LogP contribution in [0.1, 0.15) is 18.5 Å². The average Bonchev–Trinajstić information content (AvgIpc) is 2.39. The fourth-order valence-corrected chi connectivity index (χ4v) is 1.56. The summed E-state index contributed by atoms with van der Waals surface area (Å²) in [5.74, 6) is -1.13. The van der Waals surface area contributed by atoms with E-state index in [0.29, 0.717) is 0 Å². The molecule has 1 aromatic carbocycles. The number of urea groups is 1. The Hall–Kier alpha value is -2.08. The van der Waals surface area contributed by atoms with Crippen LogP contribution < -0.4 is 10.6 Å². The molecule has 6 nitrogen and oxygen atoms in total. The van der Waals surface area contributed by atoms with E-state index in [0.717, 1.165) is 5.56 Å². The summed E-state index contributed by atoms with van der Waals surface area (Å²) in [6.45, 7) is 1.74. The molecule has 2 atom stereocenters. The first-order valence-electron chi connectivity index (χ1n) is 5.88. The van der Waals surface area contributed by atoms with Crippen molar-refractivity contribution < 1.29 is 19.4 Å². The monoisotopic (exact) mass is 266 g/mol. The highest BCUT2D eigenvalue weighted by atomic mass is 16.5. The van der Waals surface area contributed by atoms with Gasteiger partial charge in [-0.25, -0.2) is 9.59 Å². The van der Waals surface area contributed by atoms with Gasteiger partial charge in [-0.05, 0) is 12.5 Å². The summed E-state index contributed by atoms with van der Waals surface area (Å²) in [5.41, 5.74) is 0.941. The van der Waals surface area contributed by atoms with Gasteiger partial charge in [-0.3, -0.25) is 0 Å². The molecule has 2 amide bonds. The lowest BCUT2D eigenvalue weighted by Gasteiger charge is -2.18. The smallest absolute Gasteiger partial charge is 0.328 e. The van der Waals surface area contributed by atoms with Crippen molar-refractivity contribution in [2.45, 2.75) is 19.0 Å². The van der Waals surface area contributed by atoms with Crippen LogP contribution in [-0.2, 0) is 9.53 Å². The molecule has 0 aliphatic carbocycles. The second-order valence-electron chi connectivity index (χ2n) is 4.10. The van der Waals surface area contributed by atoms with Gasteiger partial charge in [0.05, 0.1) is 12.6 Å². The molecule has 1 rings (SSSR count). The minimum Gasteiger partial charge on any atom is -0.480 e. The molecule has 0 heterocycles. The van der Waals surface area contributed by atoms with Gasteiger partial charge in [0.25, 0.3) is 0 Å². The summed E-state index contributed by atoms with van der Waals surface area (Å²) in [4.78, 5) is 22.5. The molecule has 0 saturated heterocycles. The number of carboxylic acid groups (broad SMARTS) is 1. The number of nitrogens with one attached hydrogen (secondary N) is 2. The zero-order valence-electron chi connectivity index (χ0n) is 10.9. The summed E-state index contributed by atoms with van der Waals surface area (Å²) >= 11 is 0. The third-order valence-corrected chi connectivity index (χ3v) is 2.58. The van der Waals surface area contributed by atoms with Crippen molar-refractivity contribution >= 4 is 12.0 Å². The van der Waals surface area contributed by atoms with Crippen molar-refractivity contribution in [2.24, 2.45) is 0 Å². The van der Waals surface area contributed by atoms with Gasteiger partial charge >= 0.3 is 12.0 Å². The number of benzene rings is 1. The lowest BCUT2D eigenvalue weighted by Crippen LogP contribution is -2.48. The number of carbonyl (C=O) groups excluding carboxylic acids is 1. The Bertz CT molecular complexity index is 422. The van der Waals surface area contributed by atoms with E-state index in [9.17, 15) is 9.59 Å². The van der Waals surface area contributed by atoms with Crippen molar-refractivity contribution in [1.82, 2.24) is 10.6 Å². The maximum absolute atomic E-state index is 11.7. The summed E-state index contributed by atoms with van der Waals surface area (Å²) in [6.07, 6.45) is 0. The highest BCUT2D eigenvalue weighted by Crippen LogP contribution is 2.10. The zero-order valence-corrected chi connectivity index (χ0v) is 10.9. The zero-order chi connectivity index (χ0) is 14.3. The quantitative estimate of drug-likeness (QED) is 0.720. The Balaban J connectivity index is 2.52. The molecule has 0 radical (unpaired) electrons. The second kappa shape index (κ2) is 7.38. The number of methoxy groups -OCH3 is 1. The van der Waals surface area contributed by atoms with E-state index in [4.69, 9.17) is 9.84 Å². The topological polar surface area (TPSA) is 87.7 Å². The number of aliphatic carboxylic acids is 1. The maximum atomic E-state index is 11.7. The molecular weight excluding hydrogens is 248 g/mol. The number of hydrogen-bond acceptors (Lipinski definition) is 3. The van der Waals surface area contributed by atoms with Crippen molar-refractivity contribution in [3.63, 3.8) is 0 Å². The molecule has 0 aromatic heterocycles. The van der Waals surface area contributed by atoms with Gasteiger partial charge in [0.15, 0.2) is 6.04 Å². The highest BCUT2D eigenvalue weighted by Gasteiger charge is 2.20. The molecule has 0 fully saturated rings. The van der Waals surface area contributed by atoms with Gasteiger partial charge in [-0.1, -0.05) is 30.3 Å². The van der Waals surface area contributed by atoms with Crippen molar-refractivity contribution in [2.75, 3.05) is 13.7 Å². The first kappa shape index (κ1) is 15.0. The van der Waals surface area contributed by atoms with Gasteiger partial charge in [-0.2, -0.15) is 0 Å². The largest absolute Gasteiger partial charge is 0.480 e. The van der Waals surface area contributed by atoms with Crippen LogP contribution in [0.15, 0.2) is 30.3 Å². The Labute approximate surface area is 111 Å². The van der Waals surface area contributed by atoms with Crippen LogP contribution in [0.5, 0.6) is 0 Å². The number of carbonyl (C=O) groups is 2. The van der Waals surface area contributed by atoms with Crippen LogP contribution in [0.25, 0.3) is 0 Å². The number of amides is 2. The van der Waals surface area contributed by atoms with E-state index >= 15 is 0 Å². The molecule has 0 bridgehead atoms. The van der Waals surface area contributed by atoms with Crippen molar-refractivity contribution in [3.05, 3.63) is 35.9 Å². The fourth-order valence-electron chi connectivity index (χ4n) is 1.56. The summed E-state index contributed by atoms with van der Waals surface area (Å²) < 4.78 is 4.73. The van der Waals surface area contributed by atoms with Crippen LogP contribution in [0.3, 0.4) is 0 Å². The molecule has 3 N–H and O–H groups in total. The lowest BCUT2D eigenvalue weighted by molar-refractivity contribution is -0.140. The molecule has 6 heteroatoms. The maximum Gasteiger partial charge on any atom is 0.328 e. The standard InChI is InChI=1S/C13H18N2O4/c1-9(10-6-4-3-5-7-10)14-13(18)15-11(8-19-2)12(16)17/h3-7,9,11H,8H2,1-2H3,(H,16,17)(H2,14,15,18). The van der Waals surface area contributed by atoms with Crippen molar-refractivity contribution in [1.29, 1.82) is 0 Å². The van der Waals surface area contributed by atoms with Gasteiger partial charge in [0.1, 0.15) is 0 Å². The lowest BCUT2D eigenvalue weighted by atomic mass is 10.1. The predicted octanol–water partition coefficient (Wildman–Crippen LogP) is 1.15. The third-order valence-electron chi connectivity index (χ3n) is 2.58. The minimum atomic E-state index is -1.13. The SMILES string of the molecule is COCC(NC(=O)NC(C)c1ccccc1)C(=O)O. The summed E-state index contributed by atoms with van der Waals surface area (Å²) in [6, 6.07) is 7.58. The highest BCUT2D eigenvalue weighted by molar-refractivity contribution is 5.82. The Kier molecular flexibility index (Phi) is 5.81. The number of ether oxygens (including phenoxy) is 1. The molecule has 0 saturated carbocycles. The molecule has 19 heavy (non-hydrogen) atoms. The van der Waals surface area contributed by atoms with Gasteiger partial charge in [0, 0.05) is 7.11 Å². The van der Waals surface area contributed by atoms with E-state index in [1.54, 1.807) is 0 Å². The van der Waals surface area contributed by atoms with E-state index in [2.05, 4.69) is 10.6 Å². The Morgan fingerprint density at radius 3 is 2.42 bits per heavy atom. The average molecular weight is 266 g/mol. The van der Waals surface area contributed by atoms with E-state index in [1.165, 1.54) is 7.11 Å². The summed E-state index contributed by atoms with van der Waals surface area (Å²) in [5, 5.41) is 13.9. The van der Waals surface area contributed by atoms with E-state index in [-0.39, 0.29) is 12.6 Å². The Morgan fingerprint density at radius 1 is 1.26 bits per heavy atom.